The first kappa shape index (κ1) is 10.5. The summed E-state index contributed by atoms with van der Waals surface area (Å²) in [6, 6.07) is -1.74. The summed E-state index contributed by atoms with van der Waals surface area (Å²) in [5, 5.41) is 20.1. The van der Waals surface area contributed by atoms with Gasteiger partial charge < -0.3 is 0 Å². The van der Waals surface area contributed by atoms with Crippen molar-refractivity contribution in [1.82, 2.24) is 0 Å². The highest BCUT2D eigenvalue weighted by molar-refractivity contribution is 4.90. The second kappa shape index (κ2) is 4.42. The highest BCUT2D eigenvalue weighted by Gasteiger charge is 2.11. The van der Waals surface area contributed by atoms with Gasteiger partial charge in [-0.3, -0.25) is 20.2 Å². The van der Waals surface area contributed by atoms with Gasteiger partial charge in [0.25, 0.3) is 0 Å². The van der Waals surface area contributed by atoms with Crippen molar-refractivity contribution in [3.05, 3.63) is 32.4 Å². The zero-order chi connectivity index (χ0) is 9.72. The van der Waals surface area contributed by atoms with Crippen molar-refractivity contribution in [1.29, 1.82) is 0 Å². The summed E-state index contributed by atoms with van der Waals surface area (Å²) in [6.07, 6.45) is 2.43. The summed E-state index contributed by atoms with van der Waals surface area (Å²) in [5.74, 6) is 0. The molecule has 0 aromatic rings. The number of rotatable bonds is 4. The Kier molecular flexibility index (Phi) is 3.89. The Bertz CT molecular complexity index is 192. The van der Waals surface area contributed by atoms with Crippen LogP contribution in [0.5, 0.6) is 0 Å². The molecule has 0 aliphatic rings. The molecule has 0 rings (SSSR count). The molecule has 0 aromatic heterocycles. The molecule has 0 radical (unpaired) electrons. The molecule has 0 N–H and O–H groups in total. The average Bonchev–Trinajstić information content (AvgIpc) is 1.98. The van der Waals surface area contributed by atoms with Gasteiger partial charge in [-0.05, 0) is 12.2 Å². The van der Waals surface area contributed by atoms with Crippen LogP contribution in [0.2, 0.25) is 0 Å². The van der Waals surface area contributed by atoms with E-state index in [1.165, 1.54) is 26.0 Å². The first-order valence-corrected chi connectivity index (χ1v) is 3.40. The molecule has 2 atom stereocenters. The lowest BCUT2D eigenvalue weighted by molar-refractivity contribution is -0.510. The minimum Gasteiger partial charge on any atom is -0.264 e. The quantitative estimate of drug-likeness (QED) is 0.359. The molecular weight excluding hydrogens is 164 g/mol. The molecule has 0 fully saturated rings. The molecule has 12 heavy (non-hydrogen) atoms. The predicted octanol–water partition coefficient (Wildman–Crippen LogP) is 0.873. The molecule has 0 bridgehead atoms. The summed E-state index contributed by atoms with van der Waals surface area (Å²) in [4.78, 5) is 19.1. The molecule has 0 heterocycles. The molecule has 0 saturated carbocycles. The van der Waals surface area contributed by atoms with Gasteiger partial charge in [-0.2, -0.15) is 0 Å². The van der Waals surface area contributed by atoms with E-state index < -0.39 is 21.9 Å². The summed E-state index contributed by atoms with van der Waals surface area (Å²) in [5.41, 5.74) is 0. The lowest BCUT2D eigenvalue weighted by Gasteiger charge is -1.97. The molecular formula is C6H10N2O4. The van der Waals surface area contributed by atoms with E-state index in [9.17, 15) is 20.2 Å². The first-order chi connectivity index (χ1) is 5.45. The predicted molar refractivity (Wildman–Crippen MR) is 42.1 cm³/mol. The second-order valence-electron chi connectivity index (χ2n) is 2.44. The Balaban J connectivity index is 4.06. The van der Waals surface area contributed by atoms with Gasteiger partial charge in [-0.1, -0.05) is 0 Å². The molecule has 0 spiro atoms. The lowest BCUT2D eigenvalue weighted by atomic mass is 10.2. The molecule has 6 nitrogen and oxygen atoms in total. The fourth-order valence-corrected chi connectivity index (χ4v) is 0.462. The van der Waals surface area contributed by atoms with Crippen molar-refractivity contribution in [3.63, 3.8) is 0 Å². The third kappa shape index (κ3) is 3.65. The average molecular weight is 174 g/mol. The van der Waals surface area contributed by atoms with Gasteiger partial charge in [0.15, 0.2) is 0 Å². The largest absolute Gasteiger partial charge is 0.264 e. The Morgan fingerprint density at radius 1 is 1.00 bits per heavy atom. The van der Waals surface area contributed by atoms with Crippen molar-refractivity contribution in [2.45, 2.75) is 25.9 Å². The standard InChI is InChI=1S/C6H10N2O4/c1-5(7(9)10)3-4-6(2)8(11)12/h3-6H,1-2H3. The molecule has 0 saturated heterocycles. The van der Waals surface area contributed by atoms with Crippen LogP contribution in [0.15, 0.2) is 12.2 Å². The molecule has 0 aliphatic heterocycles. The maximum Gasteiger partial charge on any atom is 0.228 e. The van der Waals surface area contributed by atoms with Crippen molar-refractivity contribution in [3.8, 4) is 0 Å². The van der Waals surface area contributed by atoms with Crippen molar-refractivity contribution in [2.75, 3.05) is 0 Å². The van der Waals surface area contributed by atoms with Crippen LogP contribution < -0.4 is 0 Å². The number of nitrogens with zero attached hydrogens (tertiary/aromatic N) is 2. The van der Waals surface area contributed by atoms with Crippen LogP contribution in [0.3, 0.4) is 0 Å². The second-order valence-corrected chi connectivity index (χ2v) is 2.44. The molecule has 68 valence electrons. The van der Waals surface area contributed by atoms with E-state index in [-0.39, 0.29) is 0 Å². The van der Waals surface area contributed by atoms with Gasteiger partial charge in [-0.15, -0.1) is 0 Å². The van der Waals surface area contributed by atoms with E-state index in [4.69, 9.17) is 0 Å². The Labute approximate surface area is 69.2 Å². The maximum atomic E-state index is 10.1. The van der Waals surface area contributed by atoms with E-state index in [0.29, 0.717) is 0 Å². The van der Waals surface area contributed by atoms with Crippen LogP contribution in [0.4, 0.5) is 0 Å². The molecule has 6 heteroatoms. The van der Waals surface area contributed by atoms with Crippen molar-refractivity contribution >= 4 is 0 Å². The SMILES string of the molecule is CC(C=CC(C)[N+](=O)[O-])[N+](=O)[O-]. The fraction of sp³-hybridized carbons (Fsp3) is 0.667. The van der Waals surface area contributed by atoms with E-state index in [1.54, 1.807) is 0 Å². The molecule has 0 aliphatic carbocycles. The van der Waals surface area contributed by atoms with E-state index in [0.717, 1.165) is 0 Å². The highest BCUT2D eigenvalue weighted by atomic mass is 16.6. The fourth-order valence-electron chi connectivity index (χ4n) is 0.462. The van der Waals surface area contributed by atoms with Crippen molar-refractivity contribution < 1.29 is 9.85 Å². The third-order valence-electron chi connectivity index (χ3n) is 1.33. The van der Waals surface area contributed by atoms with E-state index in [1.807, 2.05) is 0 Å². The lowest BCUT2D eigenvalue weighted by Crippen LogP contribution is -2.15. The first-order valence-electron chi connectivity index (χ1n) is 3.40. The number of hydrogen-bond acceptors (Lipinski definition) is 4. The van der Waals surface area contributed by atoms with Crippen LogP contribution in [-0.4, -0.2) is 21.9 Å². The third-order valence-corrected chi connectivity index (χ3v) is 1.33. The van der Waals surface area contributed by atoms with Crippen LogP contribution >= 0.6 is 0 Å². The monoisotopic (exact) mass is 174 g/mol. The Morgan fingerprint density at radius 3 is 1.42 bits per heavy atom. The van der Waals surface area contributed by atoms with Gasteiger partial charge >= 0.3 is 0 Å². The zero-order valence-electron chi connectivity index (χ0n) is 6.84. The van der Waals surface area contributed by atoms with E-state index in [2.05, 4.69) is 0 Å². The Hall–Kier alpha value is -1.46. The van der Waals surface area contributed by atoms with Gasteiger partial charge in [0.1, 0.15) is 0 Å². The minimum atomic E-state index is -0.868. The van der Waals surface area contributed by atoms with Gasteiger partial charge in [0.05, 0.1) is 0 Å². The number of hydrogen-bond donors (Lipinski definition) is 0. The highest BCUT2D eigenvalue weighted by Crippen LogP contribution is 1.95. The summed E-state index contributed by atoms with van der Waals surface area (Å²) >= 11 is 0. The topological polar surface area (TPSA) is 86.3 Å². The van der Waals surface area contributed by atoms with Crippen molar-refractivity contribution in [2.24, 2.45) is 0 Å². The molecule has 2 unspecified atom stereocenters. The molecule has 0 amide bonds. The van der Waals surface area contributed by atoms with Gasteiger partial charge in [0, 0.05) is 23.7 Å². The zero-order valence-corrected chi connectivity index (χ0v) is 6.84. The van der Waals surface area contributed by atoms with Gasteiger partial charge in [-0.25, -0.2) is 0 Å². The summed E-state index contributed by atoms with van der Waals surface area (Å²) in [6.45, 7) is 2.73. The summed E-state index contributed by atoms with van der Waals surface area (Å²) < 4.78 is 0. The normalized spacial score (nSPS) is 15.8. The van der Waals surface area contributed by atoms with Crippen LogP contribution in [-0.2, 0) is 0 Å². The minimum absolute atomic E-state index is 0.511. The number of nitro groups is 2. The maximum absolute atomic E-state index is 10.1. The summed E-state index contributed by atoms with van der Waals surface area (Å²) in [7, 11) is 0. The molecule has 0 aromatic carbocycles. The van der Waals surface area contributed by atoms with Crippen LogP contribution in [0.1, 0.15) is 13.8 Å². The van der Waals surface area contributed by atoms with E-state index >= 15 is 0 Å². The van der Waals surface area contributed by atoms with Gasteiger partial charge in [0.2, 0.25) is 12.1 Å². The smallest absolute Gasteiger partial charge is 0.228 e. The van der Waals surface area contributed by atoms with Crippen LogP contribution in [0.25, 0.3) is 0 Å². The Morgan fingerprint density at radius 2 is 1.25 bits per heavy atom. The van der Waals surface area contributed by atoms with Crippen LogP contribution in [0, 0.1) is 20.2 Å².